The van der Waals surface area contributed by atoms with E-state index >= 15 is 0 Å². The van der Waals surface area contributed by atoms with E-state index in [9.17, 15) is 4.79 Å². The van der Waals surface area contributed by atoms with E-state index in [-0.39, 0.29) is 17.7 Å². The summed E-state index contributed by atoms with van der Waals surface area (Å²) >= 11 is 0. The molecular formula is C15H30NO2+. The van der Waals surface area contributed by atoms with Crippen molar-refractivity contribution in [1.82, 2.24) is 0 Å². The smallest absolute Gasteiger partial charge is 0.337 e. The average Bonchev–Trinajstić information content (AvgIpc) is 2.31. The Balaban J connectivity index is 5.10. The van der Waals surface area contributed by atoms with Gasteiger partial charge in [0, 0.05) is 12.5 Å². The van der Waals surface area contributed by atoms with Gasteiger partial charge in [-0.1, -0.05) is 27.4 Å². The zero-order valence-electron chi connectivity index (χ0n) is 13.2. The standard InChI is InChI=1S/C15H30NO2/c1-9-15(10-2,11-3)16(7,8)13(6)18-14(17)12(4)5/h13H,4,9-11H2,1-3,5-8H3/q+1. The van der Waals surface area contributed by atoms with Gasteiger partial charge in [0.1, 0.15) is 5.54 Å². The molecule has 18 heavy (non-hydrogen) atoms. The second-order valence-electron chi connectivity index (χ2n) is 5.61. The lowest BCUT2D eigenvalue weighted by molar-refractivity contribution is -0.980. The van der Waals surface area contributed by atoms with Crippen LogP contribution < -0.4 is 0 Å². The maximum atomic E-state index is 11.7. The lowest BCUT2D eigenvalue weighted by atomic mass is 9.85. The highest BCUT2D eigenvalue weighted by molar-refractivity contribution is 5.86. The van der Waals surface area contributed by atoms with Crippen LogP contribution in [0.5, 0.6) is 0 Å². The molecule has 0 radical (unpaired) electrons. The fourth-order valence-electron chi connectivity index (χ4n) is 2.75. The second kappa shape index (κ2) is 6.37. The minimum atomic E-state index is -0.300. The van der Waals surface area contributed by atoms with Gasteiger partial charge in [0.25, 0.3) is 0 Å². The molecule has 3 nitrogen and oxygen atoms in total. The van der Waals surface area contributed by atoms with Crippen LogP contribution in [0.2, 0.25) is 0 Å². The van der Waals surface area contributed by atoms with Crippen molar-refractivity contribution in [3.05, 3.63) is 12.2 Å². The number of rotatable bonds is 7. The summed E-state index contributed by atoms with van der Waals surface area (Å²) in [4.78, 5) is 11.7. The van der Waals surface area contributed by atoms with E-state index in [1.165, 1.54) is 0 Å². The van der Waals surface area contributed by atoms with E-state index in [4.69, 9.17) is 4.74 Å². The molecule has 1 unspecified atom stereocenters. The molecule has 0 fully saturated rings. The third kappa shape index (κ3) is 3.14. The highest BCUT2D eigenvalue weighted by atomic mass is 16.6. The van der Waals surface area contributed by atoms with Gasteiger partial charge in [-0.05, 0) is 26.2 Å². The molecule has 0 saturated carbocycles. The van der Waals surface area contributed by atoms with E-state index in [0.717, 1.165) is 19.3 Å². The van der Waals surface area contributed by atoms with E-state index in [1.54, 1.807) is 6.92 Å². The van der Waals surface area contributed by atoms with Crippen molar-refractivity contribution in [3.8, 4) is 0 Å². The molecule has 0 amide bonds. The van der Waals surface area contributed by atoms with Crippen molar-refractivity contribution in [2.24, 2.45) is 0 Å². The molecule has 0 spiro atoms. The second-order valence-corrected chi connectivity index (χ2v) is 5.61. The fourth-order valence-corrected chi connectivity index (χ4v) is 2.75. The minimum Gasteiger partial charge on any atom is -0.409 e. The first-order valence-corrected chi connectivity index (χ1v) is 6.88. The highest BCUT2D eigenvalue weighted by Crippen LogP contribution is 2.34. The number of carbonyl (C=O) groups is 1. The van der Waals surface area contributed by atoms with Gasteiger partial charge in [-0.25, -0.2) is 4.79 Å². The first-order chi connectivity index (χ1) is 8.18. The summed E-state index contributed by atoms with van der Waals surface area (Å²) in [6.45, 7) is 13.9. The van der Waals surface area contributed by atoms with Gasteiger partial charge in [-0.15, -0.1) is 0 Å². The molecule has 0 aliphatic carbocycles. The van der Waals surface area contributed by atoms with Crippen molar-refractivity contribution >= 4 is 5.97 Å². The van der Waals surface area contributed by atoms with Gasteiger partial charge in [-0.3, -0.25) is 4.48 Å². The number of quaternary nitrogens is 1. The molecule has 0 aromatic heterocycles. The Hall–Kier alpha value is -0.830. The van der Waals surface area contributed by atoms with Gasteiger partial charge in [0.05, 0.1) is 14.1 Å². The predicted molar refractivity (Wildman–Crippen MR) is 76.1 cm³/mol. The maximum Gasteiger partial charge on any atom is 0.337 e. The normalized spacial score (nSPS) is 14.2. The van der Waals surface area contributed by atoms with Gasteiger partial charge in [-0.2, -0.15) is 0 Å². The fraction of sp³-hybridized carbons (Fsp3) is 0.800. The Bertz CT molecular complexity index is 295. The largest absolute Gasteiger partial charge is 0.409 e. The number of hydrogen-bond donors (Lipinski definition) is 0. The van der Waals surface area contributed by atoms with Crippen molar-refractivity contribution < 1.29 is 14.0 Å². The summed E-state index contributed by atoms with van der Waals surface area (Å²) in [7, 11) is 4.29. The van der Waals surface area contributed by atoms with Crippen LogP contribution >= 0.6 is 0 Å². The molecular weight excluding hydrogens is 226 g/mol. The summed E-state index contributed by atoms with van der Waals surface area (Å²) in [6, 6.07) is 0. The van der Waals surface area contributed by atoms with Crippen molar-refractivity contribution in [1.29, 1.82) is 0 Å². The van der Waals surface area contributed by atoms with Gasteiger partial charge >= 0.3 is 5.97 Å². The molecule has 0 aliphatic rings. The summed E-state index contributed by atoms with van der Waals surface area (Å²) < 4.78 is 6.21. The van der Waals surface area contributed by atoms with Crippen LogP contribution in [0.25, 0.3) is 0 Å². The van der Waals surface area contributed by atoms with Gasteiger partial charge in [0.15, 0.2) is 0 Å². The van der Waals surface area contributed by atoms with Gasteiger partial charge < -0.3 is 4.74 Å². The summed E-state index contributed by atoms with van der Waals surface area (Å²) in [6.07, 6.45) is 3.04. The molecule has 0 heterocycles. The van der Waals surface area contributed by atoms with Crippen LogP contribution in [0.3, 0.4) is 0 Å². The molecule has 106 valence electrons. The molecule has 0 rings (SSSR count). The zero-order chi connectivity index (χ0) is 14.6. The van der Waals surface area contributed by atoms with Crippen LogP contribution in [-0.2, 0) is 9.53 Å². The van der Waals surface area contributed by atoms with E-state index in [2.05, 4.69) is 41.4 Å². The third-order valence-electron chi connectivity index (χ3n) is 4.73. The summed E-state index contributed by atoms with van der Waals surface area (Å²) in [5.41, 5.74) is 0.603. The van der Waals surface area contributed by atoms with Crippen molar-refractivity contribution in [3.63, 3.8) is 0 Å². The predicted octanol–water partition coefficient (Wildman–Crippen LogP) is 3.50. The minimum absolute atomic E-state index is 0.148. The van der Waals surface area contributed by atoms with Crippen LogP contribution in [0, 0.1) is 0 Å². The van der Waals surface area contributed by atoms with Crippen molar-refractivity contribution in [2.45, 2.75) is 65.6 Å². The Morgan fingerprint density at radius 2 is 1.61 bits per heavy atom. The van der Waals surface area contributed by atoms with Gasteiger partial charge in [0.2, 0.25) is 6.23 Å². The monoisotopic (exact) mass is 256 g/mol. The maximum absolute atomic E-state index is 11.7. The molecule has 0 N–H and O–H groups in total. The Morgan fingerprint density at radius 1 is 1.22 bits per heavy atom. The lowest BCUT2D eigenvalue weighted by Gasteiger charge is -2.50. The van der Waals surface area contributed by atoms with Crippen LogP contribution in [0.1, 0.15) is 53.9 Å². The summed E-state index contributed by atoms with van der Waals surface area (Å²) in [5, 5.41) is 0. The quantitative estimate of drug-likeness (QED) is 0.302. The van der Waals surface area contributed by atoms with E-state index in [0.29, 0.717) is 10.1 Å². The van der Waals surface area contributed by atoms with Crippen molar-refractivity contribution in [2.75, 3.05) is 14.1 Å². The number of ether oxygens (including phenoxy) is 1. The lowest BCUT2D eigenvalue weighted by Crippen LogP contribution is -2.64. The third-order valence-corrected chi connectivity index (χ3v) is 4.73. The molecule has 0 saturated heterocycles. The molecule has 3 heteroatoms. The molecule has 0 aromatic carbocycles. The average molecular weight is 256 g/mol. The first-order valence-electron chi connectivity index (χ1n) is 6.88. The van der Waals surface area contributed by atoms with Crippen LogP contribution in [-0.4, -0.2) is 36.3 Å². The Kier molecular flexibility index (Phi) is 6.08. The Morgan fingerprint density at radius 3 is 1.89 bits per heavy atom. The first kappa shape index (κ1) is 17.2. The molecule has 0 aliphatic heterocycles. The number of esters is 1. The van der Waals surface area contributed by atoms with E-state index < -0.39 is 0 Å². The Labute approximate surface area is 112 Å². The number of hydrogen-bond acceptors (Lipinski definition) is 2. The SMILES string of the molecule is C=C(C)C(=O)OC(C)[N+](C)(C)C(CC)(CC)CC. The molecule has 0 bridgehead atoms. The molecule has 1 atom stereocenters. The summed E-state index contributed by atoms with van der Waals surface area (Å²) in [5.74, 6) is -0.300. The number of carbonyl (C=O) groups excluding carboxylic acids is 1. The topological polar surface area (TPSA) is 26.3 Å². The number of nitrogens with zero attached hydrogens (tertiary/aromatic N) is 1. The van der Waals surface area contributed by atoms with Crippen LogP contribution in [0.4, 0.5) is 0 Å². The van der Waals surface area contributed by atoms with E-state index in [1.807, 2.05) is 6.92 Å². The highest BCUT2D eigenvalue weighted by Gasteiger charge is 2.45. The zero-order valence-corrected chi connectivity index (χ0v) is 13.2. The van der Waals surface area contributed by atoms with Crippen LogP contribution in [0.15, 0.2) is 12.2 Å². The molecule has 0 aromatic rings.